The Morgan fingerprint density at radius 2 is 2.00 bits per heavy atom. The number of carbonyl (C=O) groups excluding carboxylic acids is 1. The van der Waals surface area contributed by atoms with Gasteiger partial charge < -0.3 is 5.32 Å². The second-order valence-corrected chi connectivity index (χ2v) is 6.31. The van der Waals surface area contributed by atoms with E-state index in [2.05, 4.69) is 43.4 Å². The van der Waals surface area contributed by atoms with E-state index in [1.54, 1.807) is 0 Å². The van der Waals surface area contributed by atoms with E-state index < -0.39 is 0 Å². The van der Waals surface area contributed by atoms with Crippen LogP contribution >= 0.6 is 0 Å². The fourth-order valence-electron chi connectivity index (χ4n) is 3.45. The van der Waals surface area contributed by atoms with E-state index in [-0.39, 0.29) is 11.8 Å². The topological polar surface area (TPSA) is 29.1 Å². The zero-order valence-electron chi connectivity index (χ0n) is 12.3. The highest BCUT2D eigenvalue weighted by Crippen LogP contribution is 2.43. The van der Waals surface area contributed by atoms with Crippen molar-refractivity contribution in [2.45, 2.75) is 39.0 Å². The van der Waals surface area contributed by atoms with Crippen molar-refractivity contribution >= 4 is 11.6 Å². The number of anilines is 1. The lowest BCUT2D eigenvalue weighted by Gasteiger charge is -2.18. The molecule has 0 spiro atoms. The smallest absolute Gasteiger partial charge is 0.228 e. The normalized spacial score (nSPS) is 28.6. The van der Waals surface area contributed by atoms with Crippen molar-refractivity contribution < 1.29 is 4.79 Å². The molecule has 0 saturated heterocycles. The Kier molecular flexibility index (Phi) is 3.64. The third-order valence-corrected chi connectivity index (χ3v) is 4.98. The first-order chi connectivity index (χ1) is 9.67. The molecular formula is C18H23NO. The van der Waals surface area contributed by atoms with Gasteiger partial charge in [-0.25, -0.2) is 0 Å². The van der Waals surface area contributed by atoms with Crippen LogP contribution in [0.1, 0.15) is 44.6 Å². The Labute approximate surface area is 121 Å². The average molecular weight is 269 g/mol. The van der Waals surface area contributed by atoms with Crippen LogP contribution in [0, 0.1) is 17.8 Å². The molecule has 1 N–H and O–H groups in total. The molecular weight excluding hydrogens is 246 g/mol. The number of benzene rings is 1. The predicted molar refractivity (Wildman–Crippen MR) is 82.6 cm³/mol. The summed E-state index contributed by atoms with van der Waals surface area (Å²) in [4.78, 5) is 12.3. The van der Waals surface area contributed by atoms with Crippen molar-refractivity contribution in [3.05, 3.63) is 42.0 Å². The van der Waals surface area contributed by atoms with Gasteiger partial charge in [0.05, 0.1) is 0 Å². The van der Waals surface area contributed by atoms with Gasteiger partial charge in [-0.05, 0) is 54.7 Å². The molecule has 2 bridgehead atoms. The lowest BCUT2D eigenvalue weighted by Crippen LogP contribution is -2.25. The maximum Gasteiger partial charge on any atom is 0.228 e. The average Bonchev–Trinajstić information content (AvgIpc) is 3.10. The molecule has 1 saturated carbocycles. The van der Waals surface area contributed by atoms with Crippen molar-refractivity contribution in [1.82, 2.24) is 0 Å². The first kappa shape index (κ1) is 13.4. The zero-order valence-corrected chi connectivity index (χ0v) is 12.3. The highest BCUT2D eigenvalue weighted by molar-refractivity contribution is 5.93. The fraction of sp³-hybridized carbons (Fsp3) is 0.500. The number of nitrogens with one attached hydrogen (secondary N) is 1. The quantitative estimate of drug-likeness (QED) is 0.809. The van der Waals surface area contributed by atoms with Crippen LogP contribution in [-0.4, -0.2) is 5.91 Å². The number of rotatable bonds is 4. The molecule has 0 aliphatic heterocycles. The number of fused-ring (bicyclic) bond motifs is 2. The van der Waals surface area contributed by atoms with Crippen LogP contribution in [0.4, 0.5) is 5.69 Å². The third kappa shape index (κ3) is 2.52. The van der Waals surface area contributed by atoms with Gasteiger partial charge in [0, 0.05) is 11.6 Å². The SMILES string of the molecule is CC[C@@H](C)c1ccc(NC(=O)[C@H]2C[C@H]3C=C[C@H]2C3)cc1. The van der Waals surface area contributed by atoms with E-state index in [0.717, 1.165) is 18.5 Å². The van der Waals surface area contributed by atoms with Crippen LogP contribution < -0.4 is 5.32 Å². The van der Waals surface area contributed by atoms with E-state index in [4.69, 9.17) is 0 Å². The van der Waals surface area contributed by atoms with Crippen LogP contribution in [0.25, 0.3) is 0 Å². The van der Waals surface area contributed by atoms with Gasteiger partial charge in [0.2, 0.25) is 5.91 Å². The Bertz CT molecular complexity index is 517. The van der Waals surface area contributed by atoms with Crippen molar-refractivity contribution in [2.24, 2.45) is 17.8 Å². The lowest BCUT2D eigenvalue weighted by molar-refractivity contribution is -0.120. The monoisotopic (exact) mass is 269 g/mol. The van der Waals surface area contributed by atoms with Gasteiger partial charge in [-0.2, -0.15) is 0 Å². The Hall–Kier alpha value is -1.57. The van der Waals surface area contributed by atoms with Gasteiger partial charge in [0.25, 0.3) is 0 Å². The second kappa shape index (κ2) is 5.43. The molecule has 2 nitrogen and oxygen atoms in total. The van der Waals surface area contributed by atoms with Crippen molar-refractivity contribution in [3.63, 3.8) is 0 Å². The van der Waals surface area contributed by atoms with Crippen LogP contribution in [-0.2, 0) is 4.79 Å². The van der Waals surface area contributed by atoms with Crippen molar-refractivity contribution in [3.8, 4) is 0 Å². The van der Waals surface area contributed by atoms with E-state index in [1.165, 1.54) is 12.0 Å². The summed E-state index contributed by atoms with van der Waals surface area (Å²) in [5.74, 6) is 2.07. The molecule has 1 aromatic carbocycles. The summed E-state index contributed by atoms with van der Waals surface area (Å²) in [7, 11) is 0. The lowest BCUT2D eigenvalue weighted by atomic mass is 9.92. The standard InChI is InChI=1S/C18H23NO/c1-3-12(2)14-6-8-16(9-7-14)19-18(20)17-11-13-4-5-15(17)10-13/h4-9,12-13,15,17H,3,10-11H2,1-2H3,(H,19,20)/t12-,13+,15+,17+/m1/s1. The summed E-state index contributed by atoms with van der Waals surface area (Å²) in [6.45, 7) is 4.43. The summed E-state index contributed by atoms with van der Waals surface area (Å²) in [6.07, 6.45) is 7.84. The van der Waals surface area contributed by atoms with Gasteiger partial charge in [-0.15, -0.1) is 0 Å². The van der Waals surface area contributed by atoms with Gasteiger partial charge in [0.1, 0.15) is 0 Å². The molecule has 1 fully saturated rings. The minimum absolute atomic E-state index is 0.180. The molecule has 0 radical (unpaired) electrons. The molecule has 1 aromatic rings. The Morgan fingerprint density at radius 3 is 2.55 bits per heavy atom. The molecule has 2 aliphatic rings. The Morgan fingerprint density at radius 1 is 1.25 bits per heavy atom. The van der Waals surface area contributed by atoms with Crippen LogP contribution in [0.3, 0.4) is 0 Å². The number of carbonyl (C=O) groups is 1. The zero-order chi connectivity index (χ0) is 14.1. The predicted octanol–water partition coefficient (Wildman–Crippen LogP) is 4.35. The van der Waals surface area contributed by atoms with E-state index in [9.17, 15) is 4.79 Å². The first-order valence-electron chi connectivity index (χ1n) is 7.76. The van der Waals surface area contributed by atoms with E-state index >= 15 is 0 Å². The highest BCUT2D eigenvalue weighted by atomic mass is 16.1. The molecule has 2 aliphatic carbocycles. The maximum atomic E-state index is 12.3. The van der Waals surface area contributed by atoms with Gasteiger partial charge in [0.15, 0.2) is 0 Å². The molecule has 1 amide bonds. The number of amides is 1. The largest absolute Gasteiger partial charge is 0.326 e. The number of hydrogen-bond acceptors (Lipinski definition) is 1. The van der Waals surface area contributed by atoms with Crippen LogP contribution in [0.2, 0.25) is 0 Å². The summed E-state index contributed by atoms with van der Waals surface area (Å²) in [6, 6.07) is 8.32. The van der Waals surface area contributed by atoms with E-state index in [0.29, 0.717) is 17.8 Å². The minimum atomic E-state index is 0.180. The minimum Gasteiger partial charge on any atom is -0.326 e. The molecule has 3 rings (SSSR count). The summed E-state index contributed by atoms with van der Waals surface area (Å²) >= 11 is 0. The van der Waals surface area contributed by atoms with Crippen LogP contribution in [0.15, 0.2) is 36.4 Å². The molecule has 20 heavy (non-hydrogen) atoms. The van der Waals surface area contributed by atoms with Gasteiger partial charge in [-0.1, -0.05) is 38.1 Å². The summed E-state index contributed by atoms with van der Waals surface area (Å²) < 4.78 is 0. The molecule has 2 heteroatoms. The number of allylic oxidation sites excluding steroid dienone is 2. The molecule has 4 atom stereocenters. The second-order valence-electron chi connectivity index (χ2n) is 6.31. The number of hydrogen-bond donors (Lipinski definition) is 1. The fourth-order valence-corrected chi connectivity index (χ4v) is 3.45. The molecule has 0 unspecified atom stereocenters. The first-order valence-corrected chi connectivity index (χ1v) is 7.76. The van der Waals surface area contributed by atoms with Crippen LogP contribution in [0.5, 0.6) is 0 Å². The third-order valence-electron chi connectivity index (χ3n) is 4.98. The van der Waals surface area contributed by atoms with Gasteiger partial charge >= 0.3 is 0 Å². The van der Waals surface area contributed by atoms with Gasteiger partial charge in [-0.3, -0.25) is 4.79 Å². The summed E-state index contributed by atoms with van der Waals surface area (Å²) in [5.41, 5.74) is 2.27. The van der Waals surface area contributed by atoms with E-state index in [1.807, 2.05) is 12.1 Å². The Balaban J connectivity index is 1.63. The maximum absolute atomic E-state index is 12.3. The summed E-state index contributed by atoms with van der Waals surface area (Å²) in [5, 5.41) is 3.08. The molecule has 0 heterocycles. The molecule has 0 aromatic heterocycles. The highest BCUT2D eigenvalue weighted by Gasteiger charge is 2.39. The van der Waals surface area contributed by atoms with Crippen molar-refractivity contribution in [1.29, 1.82) is 0 Å². The molecule has 106 valence electrons. The van der Waals surface area contributed by atoms with Crippen molar-refractivity contribution in [2.75, 3.05) is 5.32 Å².